The SMILES string of the molecule is COCC[C@H]1CO[C@H]2CN(C(=O)CCN(C)C)C[C@@H]12. The fourth-order valence-corrected chi connectivity index (χ4v) is 3.05. The standard InChI is InChI=1S/C14H26N2O3/c1-15(2)6-4-14(17)16-8-12-11(5-7-18-3)10-19-13(12)9-16/h11-13H,4-10H2,1-3H3/t11-,12-,13-/m0/s1. The molecule has 2 fully saturated rings. The number of fused-ring (bicyclic) bond motifs is 1. The Morgan fingerprint density at radius 1 is 1.42 bits per heavy atom. The van der Waals surface area contributed by atoms with E-state index in [9.17, 15) is 4.79 Å². The summed E-state index contributed by atoms with van der Waals surface area (Å²) in [5.74, 6) is 1.33. The van der Waals surface area contributed by atoms with Crippen molar-refractivity contribution in [3.63, 3.8) is 0 Å². The number of nitrogens with zero attached hydrogens (tertiary/aromatic N) is 2. The molecule has 1 amide bonds. The van der Waals surface area contributed by atoms with Gasteiger partial charge in [0.2, 0.25) is 5.91 Å². The van der Waals surface area contributed by atoms with Gasteiger partial charge in [-0.1, -0.05) is 0 Å². The molecule has 2 heterocycles. The normalized spacial score (nSPS) is 30.1. The van der Waals surface area contributed by atoms with Crippen LogP contribution in [-0.4, -0.2) is 75.9 Å². The molecular formula is C14H26N2O3. The van der Waals surface area contributed by atoms with E-state index < -0.39 is 0 Å². The number of hydrogen-bond donors (Lipinski definition) is 0. The highest BCUT2D eigenvalue weighted by molar-refractivity contribution is 5.76. The van der Waals surface area contributed by atoms with Crippen LogP contribution in [0.5, 0.6) is 0 Å². The summed E-state index contributed by atoms with van der Waals surface area (Å²) in [4.78, 5) is 16.2. The van der Waals surface area contributed by atoms with E-state index in [0.29, 0.717) is 18.3 Å². The predicted molar refractivity (Wildman–Crippen MR) is 73.0 cm³/mol. The van der Waals surface area contributed by atoms with E-state index in [0.717, 1.165) is 39.3 Å². The van der Waals surface area contributed by atoms with Gasteiger partial charge in [-0.15, -0.1) is 0 Å². The molecule has 0 aromatic carbocycles. The van der Waals surface area contributed by atoms with Crippen molar-refractivity contribution < 1.29 is 14.3 Å². The Morgan fingerprint density at radius 3 is 2.89 bits per heavy atom. The van der Waals surface area contributed by atoms with Crippen LogP contribution in [0.1, 0.15) is 12.8 Å². The van der Waals surface area contributed by atoms with Gasteiger partial charge in [-0.2, -0.15) is 0 Å². The van der Waals surface area contributed by atoms with Gasteiger partial charge in [0.15, 0.2) is 0 Å². The number of hydrogen-bond acceptors (Lipinski definition) is 4. The molecule has 0 aromatic heterocycles. The molecule has 5 nitrogen and oxygen atoms in total. The van der Waals surface area contributed by atoms with Gasteiger partial charge in [-0.25, -0.2) is 0 Å². The molecule has 0 spiro atoms. The average Bonchev–Trinajstić information content (AvgIpc) is 2.94. The first-order valence-corrected chi connectivity index (χ1v) is 7.15. The average molecular weight is 270 g/mol. The number of likely N-dealkylation sites (tertiary alicyclic amines) is 1. The molecule has 0 saturated carbocycles. The summed E-state index contributed by atoms with van der Waals surface area (Å²) in [6.45, 7) is 4.08. The smallest absolute Gasteiger partial charge is 0.223 e. The van der Waals surface area contributed by atoms with Crippen LogP contribution in [0.3, 0.4) is 0 Å². The topological polar surface area (TPSA) is 42.0 Å². The molecule has 0 aromatic rings. The van der Waals surface area contributed by atoms with Crippen molar-refractivity contribution in [2.45, 2.75) is 18.9 Å². The maximum Gasteiger partial charge on any atom is 0.223 e. The summed E-state index contributed by atoms with van der Waals surface area (Å²) in [6, 6.07) is 0. The third-order valence-electron chi connectivity index (χ3n) is 4.26. The molecule has 0 radical (unpaired) electrons. The van der Waals surface area contributed by atoms with Crippen molar-refractivity contribution in [1.82, 2.24) is 9.80 Å². The van der Waals surface area contributed by atoms with Crippen LogP contribution in [0.25, 0.3) is 0 Å². The largest absolute Gasteiger partial charge is 0.385 e. The van der Waals surface area contributed by atoms with Crippen molar-refractivity contribution >= 4 is 5.91 Å². The molecule has 2 saturated heterocycles. The van der Waals surface area contributed by atoms with E-state index in [2.05, 4.69) is 0 Å². The Morgan fingerprint density at radius 2 is 2.21 bits per heavy atom. The minimum Gasteiger partial charge on any atom is -0.385 e. The van der Waals surface area contributed by atoms with Gasteiger partial charge in [0.25, 0.3) is 0 Å². The number of rotatable bonds is 6. The minimum absolute atomic E-state index is 0.255. The lowest BCUT2D eigenvalue weighted by Gasteiger charge is -2.20. The molecule has 5 heteroatoms. The molecule has 2 rings (SSSR count). The predicted octanol–water partition coefficient (Wildman–Crippen LogP) is 0.448. The third-order valence-corrected chi connectivity index (χ3v) is 4.26. The van der Waals surface area contributed by atoms with Crippen molar-refractivity contribution in [2.24, 2.45) is 11.8 Å². The monoisotopic (exact) mass is 270 g/mol. The van der Waals surface area contributed by atoms with E-state index in [1.807, 2.05) is 23.9 Å². The first kappa shape index (κ1) is 14.8. The van der Waals surface area contributed by atoms with Gasteiger partial charge in [0.05, 0.1) is 12.7 Å². The number of amides is 1. The Hall–Kier alpha value is -0.650. The summed E-state index contributed by atoms with van der Waals surface area (Å²) >= 11 is 0. The molecule has 19 heavy (non-hydrogen) atoms. The molecule has 2 aliphatic heterocycles. The summed E-state index contributed by atoms with van der Waals surface area (Å²) in [5.41, 5.74) is 0. The summed E-state index contributed by atoms with van der Waals surface area (Å²) in [7, 11) is 5.73. The molecule has 0 N–H and O–H groups in total. The van der Waals surface area contributed by atoms with Gasteiger partial charge >= 0.3 is 0 Å². The van der Waals surface area contributed by atoms with Gasteiger partial charge in [0, 0.05) is 45.7 Å². The summed E-state index contributed by atoms with van der Waals surface area (Å²) in [6.07, 6.45) is 1.90. The number of carbonyl (C=O) groups excluding carboxylic acids is 1. The lowest BCUT2D eigenvalue weighted by atomic mass is 9.91. The van der Waals surface area contributed by atoms with E-state index in [-0.39, 0.29) is 12.0 Å². The number of carbonyl (C=O) groups is 1. The van der Waals surface area contributed by atoms with Crippen molar-refractivity contribution in [3.8, 4) is 0 Å². The molecule has 0 aliphatic carbocycles. The molecule has 3 atom stereocenters. The fraction of sp³-hybridized carbons (Fsp3) is 0.929. The zero-order valence-electron chi connectivity index (χ0n) is 12.3. The Kier molecular flexibility index (Phi) is 5.19. The second-order valence-electron chi connectivity index (χ2n) is 5.93. The molecule has 0 unspecified atom stereocenters. The number of ether oxygens (including phenoxy) is 2. The van der Waals surface area contributed by atoms with Crippen molar-refractivity contribution in [3.05, 3.63) is 0 Å². The zero-order chi connectivity index (χ0) is 13.8. The highest BCUT2D eigenvalue weighted by atomic mass is 16.5. The highest BCUT2D eigenvalue weighted by Crippen LogP contribution is 2.35. The quantitative estimate of drug-likeness (QED) is 0.703. The Balaban J connectivity index is 1.80. The minimum atomic E-state index is 0.255. The van der Waals surface area contributed by atoms with Crippen LogP contribution in [0.4, 0.5) is 0 Å². The molecular weight excluding hydrogens is 244 g/mol. The van der Waals surface area contributed by atoms with Crippen LogP contribution < -0.4 is 0 Å². The van der Waals surface area contributed by atoms with E-state index in [1.165, 1.54) is 0 Å². The van der Waals surface area contributed by atoms with Crippen LogP contribution in [-0.2, 0) is 14.3 Å². The maximum absolute atomic E-state index is 12.1. The van der Waals surface area contributed by atoms with Crippen LogP contribution in [0.15, 0.2) is 0 Å². The van der Waals surface area contributed by atoms with Crippen LogP contribution in [0, 0.1) is 11.8 Å². The summed E-state index contributed by atoms with van der Waals surface area (Å²) < 4.78 is 11.0. The third kappa shape index (κ3) is 3.68. The lowest BCUT2D eigenvalue weighted by Crippen LogP contribution is -2.33. The number of methoxy groups -OCH3 is 1. The van der Waals surface area contributed by atoms with Gasteiger partial charge in [-0.05, 0) is 26.4 Å². The van der Waals surface area contributed by atoms with Crippen molar-refractivity contribution in [1.29, 1.82) is 0 Å². The Bertz CT molecular complexity index is 309. The summed E-state index contributed by atoms with van der Waals surface area (Å²) in [5, 5.41) is 0. The van der Waals surface area contributed by atoms with Gasteiger partial charge in [-0.3, -0.25) is 4.79 Å². The van der Waals surface area contributed by atoms with Gasteiger partial charge < -0.3 is 19.3 Å². The van der Waals surface area contributed by atoms with Crippen LogP contribution in [0.2, 0.25) is 0 Å². The highest BCUT2D eigenvalue weighted by Gasteiger charge is 2.44. The molecule has 0 bridgehead atoms. The second kappa shape index (κ2) is 6.68. The second-order valence-corrected chi connectivity index (χ2v) is 5.93. The first-order valence-electron chi connectivity index (χ1n) is 7.15. The maximum atomic E-state index is 12.1. The lowest BCUT2D eigenvalue weighted by molar-refractivity contribution is -0.131. The Labute approximate surface area is 115 Å². The van der Waals surface area contributed by atoms with Crippen molar-refractivity contribution in [2.75, 3.05) is 54.1 Å². The molecule has 110 valence electrons. The first-order chi connectivity index (χ1) is 9.11. The van der Waals surface area contributed by atoms with E-state index in [1.54, 1.807) is 7.11 Å². The van der Waals surface area contributed by atoms with E-state index in [4.69, 9.17) is 9.47 Å². The van der Waals surface area contributed by atoms with Crippen LogP contribution >= 0.6 is 0 Å². The zero-order valence-corrected chi connectivity index (χ0v) is 12.3. The van der Waals surface area contributed by atoms with E-state index >= 15 is 0 Å². The van der Waals surface area contributed by atoms with Gasteiger partial charge in [0.1, 0.15) is 0 Å². The fourth-order valence-electron chi connectivity index (χ4n) is 3.05. The molecule has 2 aliphatic rings.